The number of fused-ring (bicyclic) bond motifs is 1. The van der Waals surface area contributed by atoms with Gasteiger partial charge in [0, 0.05) is 30.9 Å². The van der Waals surface area contributed by atoms with E-state index in [9.17, 15) is 4.79 Å². The minimum absolute atomic E-state index is 0.0784. The molecule has 2 heterocycles. The molecular formula is C22H23N3OS. The number of benzene rings is 2. The molecule has 1 aliphatic rings. The van der Waals surface area contributed by atoms with E-state index in [4.69, 9.17) is 0 Å². The number of aromatic nitrogens is 1. The Morgan fingerprint density at radius 2 is 2.04 bits per heavy atom. The highest BCUT2D eigenvalue weighted by Gasteiger charge is 2.20. The number of rotatable bonds is 5. The molecule has 0 spiro atoms. The van der Waals surface area contributed by atoms with Gasteiger partial charge in [0.1, 0.15) is 4.88 Å². The Balaban J connectivity index is 1.51. The van der Waals surface area contributed by atoms with E-state index >= 15 is 0 Å². The number of amides is 1. The summed E-state index contributed by atoms with van der Waals surface area (Å²) in [4.78, 5) is 20.4. The monoisotopic (exact) mass is 377 g/mol. The lowest BCUT2D eigenvalue weighted by atomic mass is 10.1. The van der Waals surface area contributed by atoms with Gasteiger partial charge in [-0.15, -0.1) is 11.3 Å². The van der Waals surface area contributed by atoms with Gasteiger partial charge >= 0.3 is 0 Å². The van der Waals surface area contributed by atoms with Crippen molar-refractivity contribution in [1.29, 1.82) is 0 Å². The van der Waals surface area contributed by atoms with E-state index in [-0.39, 0.29) is 5.91 Å². The van der Waals surface area contributed by atoms with Gasteiger partial charge in [-0.3, -0.25) is 4.79 Å². The normalized spacial score (nSPS) is 12.9. The molecule has 1 aliphatic heterocycles. The molecule has 1 amide bonds. The van der Waals surface area contributed by atoms with Crippen molar-refractivity contribution in [3.63, 3.8) is 0 Å². The Labute approximate surface area is 163 Å². The second kappa shape index (κ2) is 7.53. The summed E-state index contributed by atoms with van der Waals surface area (Å²) in [7, 11) is 0. The lowest BCUT2D eigenvalue weighted by Crippen LogP contribution is -2.19. The fourth-order valence-corrected chi connectivity index (χ4v) is 4.54. The summed E-state index contributed by atoms with van der Waals surface area (Å²) in [5, 5.41) is 4.02. The van der Waals surface area contributed by atoms with E-state index in [1.807, 2.05) is 31.2 Å². The molecule has 0 bridgehead atoms. The Hall–Kier alpha value is -2.66. The van der Waals surface area contributed by atoms with Crippen molar-refractivity contribution in [3.8, 4) is 0 Å². The summed E-state index contributed by atoms with van der Waals surface area (Å²) in [5.74, 6) is -0.0784. The third-order valence-corrected chi connectivity index (χ3v) is 6.12. The van der Waals surface area contributed by atoms with Gasteiger partial charge in [-0.25, -0.2) is 4.98 Å². The zero-order valence-electron chi connectivity index (χ0n) is 15.7. The number of aryl methyl sites for hydroxylation is 1. The second-order valence-electron chi connectivity index (χ2n) is 6.81. The minimum Gasteiger partial charge on any atom is -0.371 e. The number of likely N-dealkylation sites (N-methyl/N-ethyl adjacent to an activating group) is 1. The maximum Gasteiger partial charge on any atom is 0.267 e. The fourth-order valence-electron chi connectivity index (χ4n) is 3.55. The van der Waals surface area contributed by atoms with Crippen molar-refractivity contribution in [2.75, 3.05) is 23.3 Å². The maximum atomic E-state index is 12.8. The van der Waals surface area contributed by atoms with Gasteiger partial charge in [-0.05, 0) is 43.5 Å². The maximum absolute atomic E-state index is 12.8. The van der Waals surface area contributed by atoms with Crippen LogP contribution in [0.3, 0.4) is 0 Å². The number of anilines is 2. The van der Waals surface area contributed by atoms with Crippen LogP contribution in [0.1, 0.15) is 38.4 Å². The Morgan fingerprint density at radius 1 is 1.22 bits per heavy atom. The van der Waals surface area contributed by atoms with Crippen LogP contribution in [0, 0.1) is 6.92 Å². The largest absolute Gasteiger partial charge is 0.371 e. The average molecular weight is 378 g/mol. The van der Waals surface area contributed by atoms with Gasteiger partial charge in [-0.2, -0.15) is 0 Å². The van der Waals surface area contributed by atoms with Crippen molar-refractivity contribution in [2.24, 2.45) is 0 Å². The standard InChI is InChI=1S/C22H23N3OS/c1-3-25-12-11-17-9-10-18(14-19(17)25)24-22(26)21-15(2)23-20(27-21)13-16-7-5-4-6-8-16/h4-10,14H,3,11-13H2,1-2H3,(H,24,26). The zero-order valence-corrected chi connectivity index (χ0v) is 16.5. The number of hydrogen-bond acceptors (Lipinski definition) is 4. The van der Waals surface area contributed by atoms with E-state index in [2.05, 4.69) is 46.4 Å². The Kier molecular flexibility index (Phi) is 4.94. The summed E-state index contributed by atoms with van der Waals surface area (Å²) >= 11 is 1.48. The first-order valence-corrected chi connectivity index (χ1v) is 10.1. The summed E-state index contributed by atoms with van der Waals surface area (Å²) in [6.45, 7) is 6.11. The van der Waals surface area contributed by atoms with Crippen molar-refractivity contribution in [3.05, 3.63) is 75.2 Å². The van der Waals surface area contributed by atoms with Gasteiger partial charge in [0.25, 0.3) is 5.91 Å². The molecule has 0 saturated heterocycles. The third-order valence-electron chi connectivity index (χ3n) is 4.96. The molecule has 138 valence electrons. The molecule has 0 fully saturated rings. The first-order chi connectivity index (χ1) is 13.1. The number of nitrogens with one attached hydrogen (secondary N) is 1. The first-order valence-electron chi connectivity index (χ1n) is 9.33. The molecule has 0 unspecified atom stereocenters. The van der Waals surface area contributed by atoms with Crippen LogP contribution in [0.4, 0.5) is 11.4 Å². The van der Waals surface area contributed by atoms with E-state index in [1.165, 1.54) is 28.2 Å². The summed E-state index contributed by atoms with van der Waals surface area (Å²) in [6.07, 6.45) is 1.83. The van der Waals surface area contributed by atoms with Crippen LogP contribution in [-0.2, 0) is 12.8 Å². The molecule has 5 heteroatoms. The van der Waals surface area contributed by atoms with Crippen molar-refractivity contribution in [2.45, 2.75) is 26.7 Å². The van der Waals surface area contributed by atoms with Gasteiger partial charge in [0.15, 0.2) is 0 Å². The van der Waals surface area contributed by atoms with E-state index < -0.39 is 0 Å². The number of nitrogens with zero attached hydrogens (tertiary/aromatic N) is 2. The molecule has 3 aromatic rings. The molecule has 4 nitrogen and oxygen atoms in total. The van der Waals surface area contributed by atoms with E-state index in [0.29, 0.717) is 4.88 Å². The molecule has 0 aliphatic carbocycles. The van der Waals surface area contributed by atoms with Crippen LogP contribution in [0.15, 0.2) is 48.5 Å². The second-order valence-corrected chi connectivity index (χ2v) is 7.90. The molecule has 1 aromatic heterocycles. The van der Waals surface area contributed by atoms with Gasteiger partial charge in [0.05, 0.1) is 10.7 Å². The van der Waals surface area contributed by atoms with E-state index in [0.717, 1.165) is 42.3 Å². The van der Waals surface area contributed by atoms with Gasteiger partial charge in [0.2, 0.25) is 0 Å². The third kappa shape index (κ3) is 3.74. The van der Waals surface area contributed by atoms with Crippen LogP contribution in [0.5, 0.6) is 0 Å². The summed E-state index contributed by atoms with van der Waals surface area (Å²) in [5.41, 5.74) is 5.43. The minimum atomic E-state index is -0.0784. The molecule has 0 atom stereocenters. The Bertz CT molecular complexity index is 965. The van der Waals surface area contributed by atoms with Crippen molar-refractivity contribution < 1.29 is 4.79 Å². The summed E-state index contributed by atoms with van der Waals surface area (Å²) in [6, 6.07) is 16.4. The molecule has 27 heavy (non-hydrogen) atoms. The molecule has 4 rings (SSSR count). The number of carbonyl (C=O) groups is 1. The van der Waals surface area contributed by atoms with Crippen LogP contribution < -0.4 is 10.2 Å². The predicted molar refractivity (Wildman–Crippen MR) is 112 cm³/mol. The fraction of sp³-hybridized carbons (Fsp3) is 0.273. The lowest BCUT2D eigenvalue weighted by molar-refractivity contribution is 0.103. The molecule has 2 aromatic carbocycles. The van der Waals surface area contributed by atoms with Crippen molar-refractivity contribution >= 4 is 28.6 Å². The lowest BCUT2D eigenvalue weighted by Gasteiger charge is -2.17. The first kappa shape index (κ1) is 17.7. The predicted octanol–water partition coefficient (Wildman–Crippen LogP) is 4.68. The SMILES string of the molecule is CCN1CCc2ccc(NC(=O)c3sc(Cc4ccccc4)nc3C)cc21. The van der Waals surface area contributed by atoms with E-state index in [1.54, 1.807) is 0 Å². The average Bonchev–Trinajstić information content (AvgIpc) is 3.25. The summed E-state index contributed by atoms with van der Waals surface area (Å²) < 4.78 is 0. The molecule has 0 saturated carbocycles. The zero-order chi connectivity index (χ0) is 18.8. The van der Waals surface area contributed by atoms with Crippen LogP contribution in [0.2, 0.25) is 0 Å². The molecule has 1 N–H and O–H groups in total. The van der Waals surface area contributed by atoms with Crippen LogP contribution in [0.25, 0.3) is 0 Å². The highest BCUT2D eigenvalue weighted by Crippen LogP contribution is 2.31. The van der Waals surface area contributed by atoms with Crippen LogP contribution >= 0.6 is 11.3 Å². The smallest absolute Gasteiger partial charge is 0.267 e. The topological polar surface area (TPSA) is 45.2 Å². The van der Waals surface area contributed by atoms with Gasteiger partial charge < -0.3 is 10.2 Å². The van der Waals surface area contributed by atoms with Gasteiger partial charge in [-0.1, -0.05) is 36.4 Å². The highest BCUT2D eigenvalue weighted by atomic mass is 32.1. The quantitative estimate of drug-likeness (QED) is 0.702. The molecular weight excluding hydrogens is 354 g/mol. The number of carbonyl (C=O) groups excluding carboxylic acids is 1. The highest BCUT2D eigenvalue weighted by molar-refractivity contribution is 7.14. The van der Waals surface area contributed by atoms with Crippen LogP contribution in [-0.4, -0.2) is 24.0 Å². The molecule has 0 radical (unpaired) electrons. The number of thiazole rings is 1. The number of hydrogen-bond donors (Lipinski definition) is 1. The Morgan fingerprint density at radius 3 is 2.81 bits per heavy atom. The van der Waals surface area contributed by atoms with Crippen molar-refractivity contribution in [1.82, 2.24) is 4.98 Å².